The molecule has 33 heavy (non-hydrogen) atoms. The first-order valence-electron chi connectivity index (χ1n) is 12.1. The minimum absolute atomic E-state index is 0.0578. The van der Waals surface area contributed by atoms with E-state index in [-0.39, 0.29) is 35.7 Å². The summed E-state index contributed by atoms with van der Waals surface area (Å²) in [5.41, 5.74) is 0.303. The van der Waals surface area contributed by atoms with E-state index in [9.17, 15) is 15.0 Å². The number of rotatable bonds is 7. The zero-order valence-electron chi connectivity index (χ0n) is 20.8. The van der Waals surface area contributed by atoms with Gasteiger partial charge in [-0.15, -0.1) is 0 Å². The molecule has 3 fully saturated rings. The minimum Gasteiger partial charge on any atom is -0.389 e. The van der Waals surface area contributed by atoms with E-state index in [1.807, 2.05) is 39.8 Å². The fraction of sp³-hybridized carbons (Fsp3) is 0.731. The van der Waals surface area contributed by atoms with E-state index >= 15 is 0 Å². The topological polar surface area (TPSA) is 101 Å². The fourth-order valence-electron chi connectivity index (χ4n) is 4.90. The summed E-state index contributed by atoms with van der Waals surface area (Å²) in [5.74, 6) is 0.0769. The van der Waals surface area contributed by atoms with Gasteiger partial charge in [0.15, 0.2) is 0 Å². The van der Waals surface area contributed by atoms with Crippen LogP contribution in [0.5, 0.6) is 0 Å². The van der Waals surface area contributed by atoms with Gasteiger partial charge in [-0.25, -0.2) is 0 Å². The number of aliphatic hydroxyl groups is 2. The van der Waals surface area contributed by atoms with E-state index in [1.54, 1.807) is 6.92 Å². The highest BCUT2D eigenvalue weighted by molar-refractivity contribution is 5.87. The molecule has 0 aromatic carbocycles. The number of nitrogens with one attached hydrogen (secondary N) is 1. The lowest BCUT2D eigenvalue weighted by Crippen LogP contribution is -2.53. The maximum absolute atomic E-state index is 12.1. The summed E-state index contributed by atoms with van der Waals surface area (Å²) < 4.78 is 17.9. The van der Waals surface area contributed by atoms with Crippen LogP contribution >= 0.6 is 0 Å². The number of ether oxygens (including phenoxy) is 3. The Bertz CT molecular complexity index is 782. The molecule has 0 saturated carbocycles. The number of hydrogen-bond acceptors (Lipinski definition) is 6. The van der Waals surface area contributed by atoms with Gasteiger partial charge in [0, 0.05) is 12.5 Å². The summed E-state index contributed by atoms with van der Waals surface area (Å²) in [5, 5.41) is 22.9. The molecule has 7 heteroatoms. The van der Waals surface area contributed by atoms with Crippen molar-refractivity contribution in [3.05, 3.63) is 36.0 Å². The number of epoxide rings is 1. The van der Waals surface area contributed by atoms with Crippen molar-refractivity contribution in [2.45, 2.75) is 109 Å². The third-order valence-corrected chi connectivity index (χ3v) is 6.84. The summed E-state index contributed by atoms with van der Waals surface area (Å²) >= 11 is 0. The molecule has 3 aliphatic heterocycles. The molecule has 3 N–H and O–H groups in total. The molecule has 1 amide bonds. The van der Waals surface area contributed by atoms with Gasteiger partial charge < -0.3 is 29.7 Å². The molecule has 3 heterocycles. The normalized spacial score (nSPS) is 39.8. The maximum atomic E-state index is 12.1. The maximum Gasteiger partial charge on any atom is 0.244 e. The van der Waals surface area contributed by atoms with Crippen LogP contribution in [0.25, 0.3) is 0 Å². The van der Waals surface area contributed by atoms with Crippen LogP contribution in [0.4, 0.5) is 0 Å². The number of amides is 1. The van der Waals surface area contributed by atoms with Gasteiger partial charge in [-0.3, -0.25) is 4.79 Å². The van der Waals surface area contributed by atoms with E-state index in [0.29, 0.717) is 13.0 Å². The number of aliphatic hydroxyl groups excluding tert-OH is 2. The van der Waals surface area contributed by atoms with Crippen LogP contribution in [0, 0.1) is 5.92 Å². The monoisotopic (exact) mass is 463 g/mol. The van der Waals surface area contributed by atoms with Gasteiger partial charge in [0.05, 0.1) is 36.6 Å². The molecule has 0 aromatic heterocycles. The van der Waals surface area contributed by atoms with Crippen LogP contribution in [-0.4, -0.2) is 70.5 Å². The zero-order valence-corrected chi connectivity index (χ0v) is 20.8. The Morgan fingerprint density at radius 2 is 1.97 bits per heavy atom. The first-order valence-corrected chi connectivity index (χ1v) is 12.1. The first kappa shape index (κ1) is 26.1. The second-order valence-corrected chi connectivity index (χ2v) is 10.7. The van der Waals surface area contributed by atoms with E-state index < -0.39 is 23.9 Å². The molecule has 1 spiro atoms. The van der Waals surface area contributed by atoms with Crippen molar-refractivity contribution in [2.24, 2.45) is 5.92 Å². The zero-order chi connectivity index (χ0) is 24.4. The molecule has 3 aliphatic rings. The van der Waals surface area contributed by atoms with Gasteiger partial charge in [0.2, 0.25) is 5.91 Å². The van der Waals surface area contributed by atoms with E-state index in [1.165, 1.54) is 12.2 Å². The van der Waals surface area contributed by atoms with Gasteiger partial charge in [-0.1, -0.05) is 36.8 Å². The highest BCUT2D eigenvalue weighted by Gasteiger charge is 2.60. The number of allylic oxidation sites excluding steroid dienone is 2. The van der Waals surface area contributed by atoms with Crippen molar-refractivity contribution in [1.29, 1.82) is 0 Å². The average molecular weight is 464 g/mol. The molecular formula is C26H41NO6. The second-order valence-electron chi connectivity index (χ2n) is 10.7. The number of carbonyl (C=O) groups is 1. The van der Waals surface area contributed by atoms with Crippen LogP contribution < -0.4 is 5.32 Å². The van der Waals surface area contributed by atoms with Crippen molar-refractivity contribution < 1.29 is 29.2 Å². The average Bonchev–Trinajstić information content (AvgIpc) is 3.48. The van der Waals surface area contributed by atoms with Crippen LogP contribution in [0.15, 0.2) is 36.0 Å². The largest absolute Gasteiger partial charge is 0.389 e. The van der Waals surface area contributed by atoms with Crippen molar-refractivity contribution in [2.75, 3.05) is 6.61 Å². The van der Waals surface area contributed by atoms with Gasteiger partial charge in [-0.05, 0) is 53.4 Å². The first-order chi connectivity index (χ1) is 15.4. The fourth-order valence-corrected chi connectivity index (χ4v) is 4.90. The van der Waals surface area contributed by atoms with Gasteiger partial charge in [0.1, 0.15) is 17.8 Å². The minimum atomic E-state index is -0.653. The van der Waals surface area contributed by atoms with Gasteiger partial charge in [0.25, 0.3) is 0 Å². The summed E-state index contributed by atoms with van der Waals surface area (Å²) in [4.78, 5) is 12.1. The third-order valence-electron chi connectivity index (χ3n) is 6.84. The summed E-state index contributed by atoms with van der Waals surface area (Å²) in [7, 11) is 0. The van der Waals surface area contributed by atoms with Crippen LogP contribution in [0.2, 0.25) is 0 Å². The van der Waals surface area contributed by atoms with E-state index in [2.05, 4.69) is 18.3 Å². The van der Waals surface area contributed by atoms with E-state index in [0.717, 1.165) is 18.4 Å². The van der Waals surface area contributed by atoms with Gasteiger partial charge >= 0.3 is 0 Å². The number of carbonyl (C=O) groups excluding carboxylic acids is 1. The Labute approximate surface area is 197 Å². The van der Waals surface area contributed by atoms with Crippen molar-refractivity contribution in [3.63, 3.8) is 0 Å². The lowest BCUT2D eigenvalue weighted by atomic mass is 9.83. The standard InChI is InChI=1S/C26H41NO6/c1-16(8-11-22-24(30)26(15-31-26)14-25(5,6)33-22)7-10-21-17(2)13-20(19(4)32-21)27-23(29)12-9-18(3)28/h7-9,11-12,17-22,24,28,30H,10,13-15H2,1-6H3,(H,27,29)/t17-,18+,19+,20?,21-,22+,24+,26+/m0/s1. The van der Waals surface area contributed by atoms with Crippen LogP contribution in [0.1, 0.15) is 60.8 Å². The van der Waals surface area contributed by atoms with E-state index in [4.69, 9.17) is 14.2 Å². The molecule has 0 aromatic rings. The van der Waals surface area contributed by atoms with Crippen molar-refractivity contribution in [1.82, 2.24) is 5.32 Å². The molecule has 3 rings (SSSR count). The molecule has 0 aliphatic carbocycles. The molecule has 0 bridgehead atoms. The molecule has 186 valence electrons. The molecule has 8 atom stereocenters. The van der Waals surface area contributed by atoms with Crippen molar-refractivity contribution in [3.8, 4) is 0 Å². The molecule has 0 radical (unpaired) electrons. The highest BCUT2D eigenvalue weighted by atomic mass is 16.6. The quantitative estimate of drug-likeness (QED) is 0.305. The highest BCUT2D eigenvalue weighted by Crippen LogP contribution is 2.46. The smallest absolute Gasteiger partial charge is 0.244 e. The molecular weight excluding hydrogens is 422 g/mol. The Hall–Kier alpha value is -1.51. The van der Waals surface area contributed by atoms with Gasteiger partial charge in [-0.2, -0.15) is 0 Å². The third kappa shape index (κ3) is 6.99. The Kier molecular flexibility index (Phi) is 8.23. The lowest BCUT2D eigenvalue weighted by Gasteiger charge is -2.41. The molecule has 1 unspecified atom stereocenters. The summed E-state index contributed by atoms with van der Waals surface area (Å²) in [6.45, 7) is 12.4. The predicted molar refractivity (Wildman–Crippen MR) is 127 cm³/mol. The Balaban J connectivity index is 1.52. The molecule has 3 saturated heterocycles. The van der Waals surface area contributed by atoms with Crippen LogP contribution in [0.3, 0.4) is 0 Å². The molecule has 7 nitrogen and oxygen atoms in total. The predicted octanol–water partition coefficient (Wildman–Crippen LogP) is 2.81. The van der Waals surface area contributed by atoms with Crippen molar-refractivity contribution >= 4 is 5.91 Å². The Morgan fingerprint density at radius 1 is 1.27 bits per heavy atom. The summed E-state index contributed by atoms with van der Waals surface area (Å²) in [6, 6.07) is -0.0578. The SMILES string of the molecule is CC(C=C[C@H]1OC(C)(C)C[C@@]2(CO2)[C@@H]1O)=CC[C@@H]1O[C@H](C)C(NC(=O)C=C[C@@H](C)O)C[C@@H]1C. The lowest BCUT2D eigenvalue weighted by molar-refractivity contribution is -0.171. The van der Waals surface area contributed by atoms with Crippen LogP contribution in [-0.2, 0) is 19.0 Å². The second kappa shape index (κ2) is 10.4. The Morgan fingerprint density at radius 3 is 2.61 bits per heavy atom. The number of hydrogen-bond donors (Lipinski definition) is 3. The summed E-state index contributed by atoms with van der Waals surface area (Å²) in [6.07, 6.45) is 9.52.